The number of nitrogens with zero attached hydrogens (tertiary/aromatic N) is 1. The summed E-state index contributed by atoms with van der Waals surface area (Å²) in [6.07, 6.45) is -10.0. The fourth-order valence-corrected chi connectivity index (χ4v) is 1.70. The quantitative estimate of drug-likeness (QED) is 0.628. The number of halogens is 7. The topological polar surface area (TPSA) is 48.1 Å². The molecule has 18 heavy (non-hydrogen) atoms. The molecule has 1 heterocycles. The van der Waals surface area contributed by atoms with Gasteiger partial charge in [0, 0.05) is 6.54 Å². The van der Waals surface area contributed by atoms with Gasteiger partial charge < -0.3 is 10.5 Å². The molecule has 0 radical (unpaired) electrons. The van der Waals surface area contributed by atoms with Crippen LogP contribution in [0.15, 0.2) is 6.07 Å². The summed E-state index contributed by atoms with van der Waals surface area (Å²) in [5, 5.41) is 0. The molecule has 0 atom stereocenters. The average Bonchev–Trinajstić information content (AvgIpc) is 2.16. The van der Waals surface area contributed by atoms with Gasteiger partial charge in [0.1, 0.15) is 0 Å². The lowest BCUT2D eigenvalue weighted by Gasteiger charge is -2.15. The van der Waals surface area contributed by atoms with Crippen molar-refractivity contribution in [1.29, 1.82) is 0 Å². The molecule has 1 aromatic heterocycles. The van der Waals surface area contributed by atoms with Crippen molar-refractivity contribution in [3.8, 4) is 5.88 Å². The van der Waals surface area contributed by atoms with Crippen LogP contribution in [0.2, 0.25) is 0 Å². The van der Waals surface area contributed by atoms with E-state index in [2.05, 4.69) is 9.72 Å². The monoisotopic (exact) mass is 386 g/mol. The normalized spacial score (nSPS) is 12.7. The summed E-state index contributed by atoms with van der Waals surface area (Å²) in [5.41, 5.74) is 3.20. The maximum absolute atomic E-state index is 12.5. The van der Waals surface area contributed by atoms with Crippen molar-refractivity contribution in [2.24, 2.45) is 5.73 Å². The molecule has 2 N–H and O–H groups in total. The Morgan fingerprint density at radius 2 is 1.78 bits per heavy atom. The van der Waals surface area contributed by atoms with Crippen LogP contribution >= 0.6 is 22.6 Å². The minimum atomic E-state index is -5.11. The fourth-order valence-electron chi connectivity index (χ4n) is 1.09. The summed E-state index contributed by atoms with van der Waals surface area (Å²) >= 11 is 1.38. The van der Waals surface area contributed by atoms with E-state index in [1.807, 2.05) is 0 Å². The lowest BCUT2D eigenvalue weighted by atomic mass is 10.2. The van der Waals surface area contributed by atoms with Crippen molar-refractivity contribution >= 4 is 22.6 Å². The highest BCUT2D eigenvalue weighted by molar-refractivity contribution is 14.1. The van der Waals surface area contributed by atoms with Gasteiger partial charge in [-0.15, -0.1) is 13.2 Å². The molecule has 102 valence electrons. The summed E-state index contributed by atoms with van der Waals surface area (Å²) in [6, 6.07) is 0.859. The van der Waals surface area contributed by atoms with Crippen molar-refractivity contribution in [1.82, 2.24) is 4.98 Å². The molecule has 0 spiro atoms. The third-order valence-corrected chi connectivity index (χ3v) is 2.50. The molecule has 0 aliphatic carbocycles. The molecule has 0 aliphatic rings. The van der Waals surface area contributed by atoms with Gasteiger partial charge in [-0.2, -0.15) is 13.2 Å². The molecule has 0 aromatic carbocycles. The fraction of sp³-hybridized carbons (Fsp3) is 0.375. The van der Waals surface area contributed by atoms with Gasteiger partial charge in [0.2, 0.25) is 5.88 Å². The Bertz CT molecular complexity index is 444. The summed E-state index contributed by atoms with van der Waals surface area (Å²) in [6.45, 7) is -0.496. The van der Waals surface area contributed by atoms with Crippen molar-refractivity contribution in [3.63, 3.8) is 0 Å². The van der Waals surface area contributed by atoms with Gasteiger partial charge >= 0.3 is 12.5 Å². The van der Waals surface area contributed by atoms with Crippen LogP contribution in [0.4, 0.5) is 26.3 Å². The molecule has 0 saturated carbocycles. The molecule has 0 amide bonds. The Morgan fingerprint density at radius 1 is 1.22 bits per heavy atom. The zero-order valence-corrected chi connectivity index (χ0v) is 10.5. The maximum Gasteiger partial charge on any atom is 0.574 e. The summed E-state index contributed by atoms with van der Waals surface area (Å²) in [4.78, 5) is 2.84. The van der Waals surface area contributed by atoms with Crippen LogP contribution < -0.4 is 10.5 Å². The Labute approximate surface area is 110 Å². The van der Waals surface area contributed by atoms with Crippen LogP contribution in [-0.4, -0.2) is 11.3 Å². The minimum Gasteiger partial charge on any atom is -0.387 e. The van der Waals surface area contributed by atoms with Gasteiger partial charge in [-0.05, 0) is 34.2 Å². The van der Waals surface area contributed by atoms with Gasteiger partial charge in [-0.25, -0.2) is 4.98 Å². The average molecular weight is 386 g/mol. The first-order valence-corrected chi connectivity index (χ1v) is 5.35. The Morgan fingerprint density at radius 3 is 2.17 bits per heavy atom. The highest BCUT2D eigenvalue weighted by atomic mass is 127. The van der Waals surface area contributed by atoms with E-state index in [1.54, 1.807) is 0 Å². The molecule has 0 unspecified atom stereocenters. The third-order valence-electron chi connectivity index (χ3n) is 1.72. The molecular weight excluding hydrogens is 381 g/mol. The summed E-state index contributed by atoms with van der Waals surface area (Å²) in [7, 11) is 0. The van der Waals surface area contributed by atoms with Crippen LogP contribution in [0.3, 0.4) is 0 Å². The van der Waals surface area contributed by atoms with Gasteiger partial charge in [-0.3, -0.25) is 0 Å². The molecule has 0 saturated heterocycles. The number of alkyl halides is 6. The molecule has 0 aliphatic heterocycles. The Kier molecular flexibility index (Phi) is 4.30. The molecule has 3 nitrogen and oxygen atoms in total. The van der Waals surface area contributed by atoms with Gasteiger partial charge in [0.05, 0.1) is 3.57 Å². The van der Waals surface area contributed by atoms with E-state index in [4.69, 9.17) is 5.73 Å². The Balaban J connectivity index is 3.31. The third kappa shape index (κ3) is 3.86. The molecular formula is C8H5F6IN2O. The first-order valence-electron chi connectivity index (χ1n) is 4.27. The van der Waals surface area contributed by atoms with Crippen molar-refractivity contribution < 1.29 is 31.1 Å². The predicted octanol–water partition coefficient (Wildman–Crippen LogP) is 3.06. The number of aromatic nitrogens is 1. The number of hydrogen-bond acceptors (Lipinski definition) is 3. The number of rotatable bonds is 2. The molecule has 10 heteroatoms. The first kappa shape index (κ1) is 15.3. The molecule has 0 bridgehead atoms. The van der Waals surface area contributed by atoms with Crippen LogP contribution in [-0.2, 0) is 12.7 Å². The van der Waals surface area contributed by atoms with Crippen LogP contribution in [0, 0.1) is 3.57 Å². The largest absolute Gasteiger partial charge is 0.574 e. The van der Waals surface area contributed by atoms with Crippen LogP contribution in [0.1, 0.15) is 11.3 Å². The molecule has 1 aromatic rings. The van der Waals surface area contributed by atoms with Crippen molar-refractivity contribution in [2.45, 2.75) is 19.1 Å². The van der Waals surface area contributed by atoms with Gasteiger partial charge in [0.15, 0.2) is 5.69 Å². The first-order chi connectivity index (χ1) is 8.04. The second-order valence-corrected chi connectivity index (χ2v) is 4.19. The lowest BCUT2D eigenvalue weighted by molar-refractivity contribution is -0.276. The van der Waals surface area contributed by atoms with E-state index >= 15 is 0 Å². The van der Waals surface area contributed by atoms with Gasteiger partial charge in [-0.1, -0.05) is 0 Å². The highest BCUT2D eigenvalue weighted by Crippen LogP contribution is 2.35. The van der Waals surface area contributed by atoms with Crippen molar-refractivity contribution in [2.75, 3.05) is 0 Å². The zero-order valence-electron chi connectivity index (χ0n) is 8.36. The van der Waals surface area contributed by atoms with E-state index in [1.165, 1.54) is 22.6 Å². The van der Waals surface area contributed by atoms with E-state index in [9.17, 15) is 26.3 Å². The lowest BCUT2D eigenvalue weighted by Crippen LogP contribution is -2.21. The second-order valence-electron chi connectivity index (χ2n) is 3.03. The van der Waals surface area contributed by atoms with Crippen LogP contribution in [0.25, 0.3) is 0 Å². The number of nitrogens with two attached hydrogens (primary N) is 1. The Hall–Kier alpha value is -0.780. The highest BCUT2D eigenvalue weighted by Gasteiger charge is 2.38. The second kappa shape index (κ2) is 5.07. The van der Waals surface area contributed by atoms with Gasteiger partial charge in [0.25, 0.3) is 0 Å². The smallest absolute Gasteiger partial charge is 0.387 e. The standard InChI is InChI=1S/C8H5F6IN2O/c9-7(10,11)5-3(2-16)1-4(15)6(17-5)18-8(12,13)14/h1H,2,16H2. The van der Waals surface area contributed by atoms with E-state index in [0.717, 1.165) is 6.07 Å². The minimum absolute atomic E-state index is 0.210. The summed E-state index contributed by atoms with van der Waals surface area (Å²) in [5.74, 6) is -1.15. The summed E-state index contributed by atoms with van der Waals surface area (Å²) < 4.78 is 76.6. The SMILES string of the molecule is NCc1cc(I)c(OC(F)(F)F)nc1C(F)(F)F. The molecule has 1 rings (SSSR count). The van der Waals surface area contributed by atoms with Crippen molar-refractivity contribution in [3.05, 3.63) is 20.9 Å². The number of pyridine rings is 1. The molecule has 0 fully saturated rings. The zero-order chi connectivity index (χ0) is 14.1. The maximum atomic E-state index is 12.5. The van der Waals surface area contributed by atoms with E-state index in [0.29, 0.717) is 0 Å². The predicted molar refractivity (Wildman–Crippen MR) is 56.5 cm³/mol. The van der Waals surface area contributed by atoms with E-state index in [-0.39, 0.29) is 3.57 Å². The number of ether oxygens (including phenoxy) is 1. The van der Waals surface area contributed by atoms with Crippen LogP contribution in [0.5, 0.6) is 5.88 Å². The van der Waals surface area contributed by atoms with E-state index < -0.39 is 36.2 Å². The number of hydrogen-bond donors (Lipinski definition) is 1.